The third-order valence-corrected chi connectivity index (χ3v) is 3.57. The molecule has 0 aliphatic carbocycles. The van der Waals surface area contributed by atoms with E-state index in [1.54, 1.807) is 0 Å². The predicted octanol–water partition coefficient (Wildman–Crippen LogP) is 3.70. The zero-order chi connectivity index (χ0) is 13.9. The van der Waals surface area contributed by atoms with Crippen molar-refractivity contribution in [3.8, 4) is 5.75 Å². The van der Waals surface area contributed by atoms with Crippen molar-refractivity contribution in [1.82, 2.24) is 0 Å². The molecule has 1 heterocycles. The van der Waals surface area contributed by atoms with Crippen LogP contribution in [0.25, 0.3) is 0 Å². The molecule has 2 rings (SSSR count). The van der Waals surface area contributed by atoms with E-state index in [1.807, 2.05) is 6.92 Å². The quantitative estimate of drug-likeness (QED) is 0.811. The van der Waals surface area contributed by atoms with Gasteiger partial charge in [0, 0.05) is 12.0 Å². The largest absolute Gasteiger partial charge is 0.494 e. The first-order chi connectivity index (χ1) is 9.13. The van der Waals surface area contributed by atoms with Gasteiger partial charge in [-0.2, -0.15) is 0 Å². The first-order valence-corrected chi connectivity index (χ1v) is 7.15. The number of ether oxygens (including phenoxy) is 3. The number of aryl methyl sites for hydroxylation is 2. The summed E-state index contributed by atoms with van der Waals surface area (Å²) in [5.41, 5.74) is 3.45. The predicted molar refractivity (Wildman–Crippen MR) is 75.6 cm³/mol. The van der Waals surface area contributed by atoms with Gasteiger partial charge in [0.15, 0.2) is 5.79 Å². The molecular formula is C16H24O3. The zero-order valence-corrected chi connectivity index (χ0v) is 12.4. The smallest absolute Gasteiger partial charge is 0.195 e. The van der Waals surface area contributed by atoms with Gasteiger partial charge in [0.25, 0.3) is 0 Å². The number of rotatable bonds is 5. The maximum absolute atomic E-state index is 5.94. The van der Waals surface area contributed by atoms with E-state index in [2.05, 4.69) is 32.9 Å². The summed E-state index contributed by atoms with van der Waals surface area (Å²) in [5, 5.41) is 0. The Kier molecular flexibility index (Phi) is 4.48. The standard InChI is InChI=1S/C16H24O3/c1-5-7-16(18-8-9-19-16)14-10-13(4)15(17-6-2)11-12(14)3/h10-11H,5-9H2,1-4H3. The van der Waals surface area contributed by atoms with Crippen LogP contribution in [0.4, 0.5) is 0 Å². The monoisotopic (exact) mass is 264 g/mol. The molecule has 3 nitrogen and oxygen atoms in total. The molecule has 1 aliphatic rings. The Bertz CT molecular complexity index is 434. The van der Waals surface area contributed by atoms with Crippen molar-refractivity contribution in [1.29, 1.82) is 0 Å². The second-order valence-corrected chi connectivity index (χ2v) is 5.07. The highest BCUT2D eigenvalue weighted by molar-refractivity contribution is 5.43. The molecule has 1 aliphatic heterocycles. The summed E-state index contributed by atoms with van der Waals surface area (Å²) >= 11 is 0. The Labute approximate surface area is 115 Å². The van der Waals surface area contributed by atoms with Gasteiger partial charge >= 0.3 is 0 Å². The molecule has 19 heavy (non-hydrogen) atoms. The molecule has 0 saturated carbocycles. The fourth-order valence-electron chi connectivity index (χ4n) is 2.73. The molecular weight excluding hydrogens is 240 g/mol. The SMILES string of the molecule is CCCC1(c2cc(C)c(OCC)cc2C)OCCO1. The lowest BCUT2D eigenvalue weighted by Gasteiger charge is -2.30. The van der Waals surface area contributed by atoms with E-state index in [0.717, 1.165) is 29.7 Å². The third-order valence-electron chi connectivity index (χ3n) is 3.57. The van der Waals surface area contributed by atoms with Crippen LogP contribution in [0.5, 0.6) is 5.75 Å². The molecule has 1 fully saturated rings. The highest BCUT2D eigenvalue weighted by Gasteiger charge is 2.39. The van der Waals surface area contributed by atoms with E-state index in [9.17, 15) is 0 Å². The summed E-state index contributed by atoms with van der Waals surface area (Å²) in [6, 6.07) is 4.25. The van der Waals surface area contributed by atoms with Crippen molar-refractivity contribution >= 4 is 0 Å². The summed E-state index contributed by atoms with van der Waals surface area (Å²) in [6.07, 6.45) is 1.92. The van der Waals surface area contributed by atoms with Crippen molar-refractivity contribution in [2.75, 3.05) is 19.8 Å². The third kappa shape index (κ3) is 2.77. The van der Waals surface area contributed by atoms with Crippen LogP contribution in [0.1, 0.15) is 43.4 Å². The molecule has 0 spiro atoms. The molecule has 1 aromatic rings. The van der Waals surface area contributed by atoms with E-state index < -0.39 is 5.79 Å². The highest BCUT2D eigenvalue weighted by atomic mass is 16.7. The van der Waals surface area contributed by atoms with Gasteiger partial charge in [-0.25, -0.2) is 0 Å². The summed E-state index contributed by atoms with van der Waals surface area (Å²) in [5.74, 6) is 0.405. The van der Waals surface area contributed by atoms with Gasteiger partial charge in [-0.15, -0.1) is 0 Å². The van der Waals surface area contributed by atoms with Crippen molar-refractivity contribution in [2.45, 2.75) is 46.3 Å². The first kappa shape index (κ1) is 14.4. The van der Waals surface area contributed by atoms with Crippen LogP contribution in [-0.2, 0) is 15.3 Å². The lowest BCUT2D eigenvalue weighted by Crippen LogP contribution is -2.28. The molecule has 0 unspecified atom stereocenters. The lowest BCUT2D eigenvalue weighted by atomic mass is 9.94. The van der Waals surface area contributed by atoms with Gasteiger partial charge in [-0.3, -0.25) is 0 Å². The van der Waals surface area contributed by atoms with E-state index in [1.165, 1.54) is 5.56 Å². The summed E-state index contributed by atoms with van der Waals surface area (Å²) < 4.78 is 17.5. The van der Waals surface area contributed by atoms with Gasteiger partial charge in [0.1, 0.15) is 5.75 Å². The zero-order valence-electron chi connectivity index (χ0n) is 12.4. The minimum Gasteiger partial charge on any atom is -0.494 e. The molecule has 0 aromatic heterocycles. The van der Waals surface area contributed by atoms with E-state index >= 15 is 0 Å². The lowest BCUT2D eigenvalue weighted by molar-refractivity contribution is -0.171. The van der Waals surface area contributed by atoms with Crippen LogP contribution >= 0.6 is 0 Å². The average molecular weight is 264 g/mol. The highest BCUT2D eigenvalue weighted by Crippen LogP contribution is 2.39. The maximum atomic E-state index is 5.94. The van der Waals surface area contributed by atoms with E-state index in [0.29, 0.717) is 19.8 Å². The minimum atomic E-state index is -0.547. The Morgan fingerprint density at radius 1 is 1.11 bits per heavy atom. The molecule has 1 saturated heterocycles. The topological polar surface area (TPSA) is 27.7 Å². The minimum absolute atomic E-state index is 0.547. The first-order valence-electron chi connectivity index (χ1n) is 7.15. The second kappa shape index (κ2) is 5.93. The van der Waals surface area contributed by atoms with E-state index in [-0.39, 0.29) is 0 Å². The van der Waals surface area contributed by atoms with Crippen molar-refractivity contribution < 1.29 is 14.2 Å². The molecule has 0 amide bonds. The molecule has 1 aromatic carbocycles. The van der Waals surface area contributed by atoms with Crippen molar-refractivity contribution in [3.05, 3.63) is 28.8 Å². The van der Waals surface area contributed by atoms with Crippen LogP contribution in [0.15, 0.2) is 12.1 Å². The van der Waals surface area contributed by atoms with Crippen LogP contribution in [0, 0.1) is 13.8 Å². The number of hydrogen-bond donors (Lipinski definition) is 0. The van der Waals surface area contributed by atoms with Crippen LogP contribution < -0.4 is 4.74 Å². The number of benzene rings is 1. The summed E-state index contributed by atoms with van der Waals surface area (Å²) in [4.78, 5) is 0. The molecule has 0 atom stereocenters. The fourth-order valence-corrected chi connectivity index (χ4v) is 2.73. The van der Waals surface area contributed by atoms with Crippen LogP contribution in [0.2, 0.25) is 0 Å². The van der Waals surface area contributed by atoms with Crippen LogP contribution in [0.3, 0.4) is 0 Å². The molecule has 0 N–H and O–H groups in total. The Hall–Kier alpha value is -1.06. The van der Waals surface area contributed by atoms with Gasteiger partial charge < -0.3 is 14.2 Å². The second-order valence-electron chi connectivity index (χ2n) is 5.07. The molecule has 0 radical (unpaired) electrons. The Balaban J connectivity index is 2.40. The maximum Gasteiger partial charge on any atom is 0.195 e. The van der Waals surface area contributed by atoms with Gasteiger partial charge in [0.05, 0.1) is 19.8 Å². The molecule has 0 bridgehead atoms. The normalized spacial score (nSPS) is 17.7. The average Bonchev–Trinajstić information content (AvgIpc) is 2.84. The van der Waals surface area contributed by atoms with Gasteiger partial charge in [-0.05, 0) is 44.0 Å². The van der Waals surface area contributed by atoms with Crippen LogP contribution in [-0.4, -0.2) is 19.8 Å². The van der Waals surface area contributed by atoms with Gasteiger partial charge in [-0.1, -0.05) is 13.3 Å². The van der Waals surface area contributed by atoms with Crippen molar-refractivity contribution in [3.63, 3.8) is 0 Å². The van der Waals surface area contributed by atoms with Crippen molar-refractivity contribution in [2.24, 2.45) is 0 Å². The summed E-state index contributed by atoms with van der Waals surface area (Å²) in [7, 11) is 0. The van der Waals surface area contributed by atoms with E-state index in [4.69, 9.17) is 14.2 Å². The fraction of sp³-hybridized carbons (Fsp3) is 0.625. The molecule has 106 valence electrons. The summed E-state index contributed by atoms with van der Waals surface area (Å²) in [6.45, 7) is 10.4. The molecule has 3 heteroatoms. The Morgan fingerprint density at radius 2 is 1.79 bits per heavy atom. The number of hydrogen-bond acceptors (Lipinski definition) is 3. The van der Waals surface area contributed by atoms with Gasteiger partial charge in [0.2, 0.25) is 0 Å². The Morgan fingerprint density at radius 3 is 2.37 bits per heavy atom.